The highest BCUT2D eigenvalue weighted by Crippen LogP contribution is 2.21. The standard InChI is InChI=1S/C27H34ClN3O2/c1-3-5-15-25-29-19-23(31(25)20-22-13-9-10-14-24(22)28)16-17-30-27(4-2,26(32)33)18-21-11-7-6-8-12-21/h6-14,19,30H,3-5,15-18,20H2,1-2H3,(H,32,33)/t27-/m0/s1. The quantitative estimate of drug-likeness (QED) is 0.346. The van der Waals surface area contributed by atoms with Gasteiger partial charge in [-0.25, -0.2) is 4.98 Å². The fraction of sp³-hybridized carbons (Fsp3) is 0.407. The lowest BCUT2D eigenvalue weighted by atomic mass is 9.88. The first-order valence-corrected chi connectivity index (χ1v) is 12.2. The van der Waals surface area contributed by atoms with Crippen molar-refractivity contribution in [1.29, 1.82) is 0 Å². The first kappa shape index (κ1) is 25.0. The molecule has 0 radical (unpaired) electrons. The number of nitrogens with zero attached hydrogens (tertiary/aromatic N) is 2. The van der Waals surface area contributed by atoms with Crippen molar-refractivity contribution in [2.24, 2.45) is 0 Å². The van der Waals surface area contributed by atoms with Gasteiger partial charge < -0.3 is 15.0 Å². The fourth-order valence-electron chi connectivity index (χ4n) is 4.17. The zero-order valence-electron chi connectivity index (χ0n) is 19.6. The van der Waals surface area contributed by atoms with Gasteiger partial charge >= 0.3 is 5.97 Å². The van der Waals surface area contributed by atoms with Crippen LogP contribution in [0.4, 0.5) is 0 Å². The number of carbonyl (C=O) groups is 1. The van der Waals surface area contributed by atoms with E-state index in [1.54, 1.807) is 0 Å². The number of carboxylic acids is 1. The number of nitrogens with one attached hydrogen (secondary N) is 1. The Morgan fingerprint density at radius 2 is 1.82 bits per heavy atom. The number of carboxylic acid groups (broad SMARTS) is 1. The third-order valence-corrected chi connectivity index (χ3v) is 6.64. The largest absolute Gasteiger partial charge is 0.480 e. The summed E-state index contributed by atoms with van der Waals surface area (Å²) in [6.45, 7) is 5.31. The lowest BCUT2D eigenvalue weighted by molar-refractivity contribution is -0.145. The molecule has 1 heterocycles. The van der Waals surface area contributed by atoms with Crippen molar-refractivity contribution in [3.05, 3.63) is 88.5 Å². The number of halogens is 1. The maximum absolute atomic E-state index is 12.3. The second-order valence-electron chi connectivity index (χ2n) is 8.53. The fourth-order valence-corrected chi connectivity index (χ4v) is 4.36. The predicted molar refractivity (Wildman–Crippen MR) is 134 cm³/mol. The maximum atomic E-state index is 12.3. The van der Waals surface area contributed by atoms with Gasteiger partial charge in [-0.2, -0.15) is 0 Å². The van der Waals surface area contributed by atoms with Gasteiger partial charge in [-0.05, 0) is 30.0 Å². The summed E-state index contributed by atoms with van der Waals surface area (Å²) in [5.41, 5.74) is 2.16. The van der Waals surface area contributed by atoms with E-state index in [9.17, 15) is 9.90 Å². The number of hydrogen-bond donors (Lipinski definition) is 2. The van der Waals surface area contributed by atoms with Crippen LogP contribution in [0.2, 0.25) is 5.02 Å². The molecule has 1 atom stereocenters. The van der Waals surface area contributed by atoms with Crippen LogP contribution >= 0.6 is 11.6 Å². The number of aromatic nitrogens is 2. The van der Waals surface area contributed by atoms with Crippen molar-refractivity contribution >= 4 is 17.6 Å². The maximum Gasteiger partial charge on any atom is 0.324 e. The molecule has 0 spiro atoms. The first-order chi connectivity index (χ1) is 16.0. The Kier molecular flexibility index (Phi) is 9.10. The van der Waals surface area contributed by atoms with Gasteiger partial charge in [-0.3, -0.25) is 4.79 Å². The van der Waals surface area contributed by atoms with Gasteiger partial charge in [-0.15, -0.1) is 0 Å². The molecular weight excluding hydrogens is 434 g/mol. The number of unbranched alkanes of at least 4 members (excludes halogenated alkanes) is 1. The molecule has 0 saturated heterocycles. The van der Waals surface area contributed by atoms with Gasteiger partial charge in [0.05, 0.1) is 6.54 Å². The lowest BCUT2D eigenvalue weighted by Crippen LogP contribution is -2.54. The molecule has 0 aliphatic rings. The Labute approximate surface area is 201 Å². The van der Waals surface area contributed by atoms with E-state index in [4.69, 9.17) is 16.6 Å². The van der Waals surface area contributed by atoms with Crippen LogP contribution in [0, 0.1) is 0 Å². The summed E-state index contributed by atoms with van der Waals surface area (Å²) < 4.78 is 2.24. The molecule has 176 valence electrons. The van der Waals surface area contributed by atoms with Crippen molar-refractivity contribution in [3.8, 4) is 0 Å². The van der Waals surface area contributed by atoms with Crippen molar-refractivity contribution in [1.82, 2.24) is 14.9 Å². The summed E-state index contributed by atoms with van der Waals surface area (Å²) >= 11 is 6.43. The van der Waals surface area contributed by atoms with Crippen LogP contribution in [0.5, 0.6) is 0 Å². The average molecular weight is 468 g/mol. The van der Waals surface area contributed by atoms with E-state index in [0.717, 1.165) is 46.9 Å². The summed E-state index contributed by atoms with van der Waals surface area (Å²) in [6.07, 6.45) is 6.65. The lowest BCUT2D eigenvalue weighted by Gasteiger charge is -2.30. The third-order valence-electron chi connectivity index (χ3n) is 6.27. The Morgan fingerprint density at radius 1 is 1.09 bits per heavy atom. The molecule has 3 aromatic rings. The second kappa shape index (κ2) is 12.0. The Bertz CT molecular complexity index is 1030. The van der Waals surface area contributed by atoms with Crippen molar-refractivity contribution < 1.29 is 9.90 Å². The van der Waals surface area contributed by atoms with Crippen LogP contribution in [0.1, 0.15) is 55.8 Å². The monoisotopic (exact) mass is 467 g/mol. The summed E-state index contributed by atoms with van der Waals surface area (Å²) in [4.78, 5) is 17.0. The number of aliphatic carboxylic acids is 1. The molecule has 0 fully saturated rings. The van der Waals surface area contributed by atoms with Crippen molar-refractivity contribution in [2.45, 2.75) is 64.5 Å². The number of hydrogen-bond acceptors (Lipinski definition) is 3. The molecule has 6 heteroatoms. The summed E-state index contributed by atoms with van der Waals surface area (Å²) in [5.74, 6) is 0.234. The molecule has 0 aliphatic carbocycles. The van der Waals surface area contributed by atoms with E-state index in [0.29, 0.717) is 32.4 Å². The second-order valence-corrected chi connectivity index (χ2v) is 8.93. The Hall–Kier alpha value is -2.63. The van der Waals surface area contributed by atoms with Gasteiger partial charge in [0.25, 0.3) is 0 Å². The smallest absolute Gasteiger partial charge is 0.324 e. The number of imidazole rings is 1. The third kappa shape index (κ3) is 6.46. The SMILES string of the molecule is CCCCc1ncc(CCN[C@@](CC)(Cc2ccccc2)C(=O)O)n1Cc1ccccc1Cl. The topological polar surface area (TPSA) is 67.2 Å². The van der Waals surface area contributed by atoms with Gasteiger partial charge in [0.2, 0.25) is 0 Å². The van der Waals surface area contributed by atoms with Gasteiger partial charge in [-0.1, -0.05) is 80.4 Å². The minimum Gasteiger partial charge on any atom is -0.480 e. The summed E-state index contributed by atoms with van der Waals surface area (Å²) in [7, 11) is 0. The molecule has 2 N–H and O–H groups in total. The molecule has 0 amide bonds. The molecular formula is C27H34ClN3O2. The molecule has 0 bridgehead atoms. The molecule has 0 unspecified atom stereocenters. The predicted octanol–water partition coefficient (Wildman–Crippen LogP) is 5.54. The number of aryl methyl sites for hydroxylation is 1. The van der Waals surface area contributed by atoms with E-state index in [1.807, 2.05) is 67.7 Å². The molecule has 1 aromatic heterocycles. The zero-order chi connectivity index (χ0) is 23.7. The molecule has 2 aromatic carbocycles. The van der Waals surface area contributed by atoms with Gasteiger partial charge in [0.1, 0.15) is 11.4 Å². The Balaban J connectivity index is 1.77. The summed E-state index contributed by atoms with van der Waals surface area (Å²) in [6, 6.07) is 17.7. The molecule has 3 rings (SSSR count). The highest BCUT2D eigenvalue weighted by Gasteiger charge is 2.36. The van der Waals surface area contributed by atoms with E-state index in [1.165, 1.54) is 0 Å². The van der Waals surface area contributed by atoms with Crippen LogP contribution in [0.15, 0.2) is 60.8 Å². The van der Waals surface area contributed by atoms with Crippen molar-refractivity contribution in [2.75, 3.05) is 6.54 Å². The highest BCUT2D eigenvalue weighted by atomic mass is 35.5. The Morgan fingerprint density at radius 3 is 2.48 bits per heavy atom. The molecule has 0 saturated carbocycles. The highest BCUT2D eigenvalue weighted by molar-refractivity contribution is 6.31. The van der Waals surface area contributed by atoms with Crippen molar-refractivity contribution in [3.63, 3.8) is 0 Å². The average Bonchev–Trinajstić information content (AvgIpc) is 3.20. The molecule has 33 heavy (non-hydrogen) atoms. The van der Waals surface area contributed by atoms with Gasteiger partial charge in [0, 0.05) is 42.7 Å². The molecule has 5 nitrogen and oxygen atoms in total. The van der Waals surface area contributed by atoms with E-state index >= 15 is 0 Å². The summed E-state index contributed by atoms with van der Waals surface area (Å²) in [5, 5.41) is 14.2. The first-order valence-electron chi connectivity index (χ1n) is 11.8. The van der Waals surface area contributed by atoms with Gasteiger partial charge in [0.15, 0.2) is 0 Å². The van der Waals surface area contributed by atoms with Crippen LogP contribution in [-0.4, -0.2) is 32.7 Å². The van der Waals surface area contributed by atoms with Crippen LogP contribution in [0.25, 0.3) is 0 Å². The number of benzene rings is 2. The van der Waals surface area contributed by atoms with Crippen LogP contribution in [0.3, 0.4) is 0 Å². The van der Waals surface area contributed by atoms with Crippen LogP contribution < -0.4 is 5.32 Å². The minimum absolute atomic E-state index is 0.445. The van der Waals surface area contributed by atoms with Crippen LogP contribution in [-0.2, 0) is 30.6 Å². The van der Waals surface area contributed by atoms with E-state index in [2.05, 4.69) is 16.8 Å². The molecule has 0 aliphatic heterocycles. The normalized spacial score (nSPS) is 13.1. The van der Waals surface area contributed by atoms with E-state index < -0.39 is 11.5 Å². The number of rotatable bonds is 13. The van der Waals surface area contributed by atoms with E-state index in [-0.39, 0.29) is 0 Å². The minimum atomic E-state index is -1.00. The zero-order valence-corrected chi connectivity index (χ0v) is 20.3.